The van der Waals surface area contributed by atoms with Crippen molar-refractivity contribution in [2.24, 2.45) is 0 Å². The van der Waals surface area contributed by atoms with Gasteiger partial charge in [0.1, 0.15) is 5.82 Å². The van der Waals surface area contributed by atoms with Gasteiger partial charge < -0.3 is 4.90 Å². The van der Waals surface area contributed by atoms with Crippen molar-refractivity contribution in [3.8, 4) is 0 Å². The van der Waals surface area contributed by atoms with Crippen molar-refractivity contribution >= 4 is 28.4 Å². The molecule has 0 saturated heterocycles. The Morgan fingerprint density at radius 2 is 1.92 bits per heavy atom. The number of hydrogen-bond acceptors (Lipinski definition) is 2. The molecule has 0 unspecified atom stereocenters. The predicted octanol–water partition coefficient (Wildman–Crippen LogP) is 3.88. The normalized spacial score (nSPS) is 11.0. The van der Waals surface area contributed by atoms with Crippen LogP contribution >= 0.6 is 11.6 Å². The molecule has 0 fully saturated rings. The zero-order valence-electron chi connectivity index (χ0n) is 13.2. The minimum atomic E-state index is -0.304. The van der Waals surface area contributed by atoms with Crippen LogP contribution in [0.15, 0.2) is 48.5 Å². The molecule has 0 radical (unpaired) electrons. The summed E-state index contributed by atoms with van der Waals surface area (Å²) >= 11 is 6.11. The molecule has 0 saturated carbocycles. The predicted molar refractivity (Wildman–Crippen MR) is 92.2 cm³/mol. The molecular formula is C18H17ClFN3O. The van der Waals surface area contributed by atoms with Gasteiger partial charge in [-0.2, -0.15) is 5.10 Å². The number of rotatable bonds is 5. The van der Waals surface area contributed by atoms with Crippen LogP contribution in [0, 0.1) is 5.82 Å². The summed E-state index contributed by atoms with van der Waals surface area (Å²) < 4.78 is 15.4. The molecule has 0 spiro atoms. The number of aromatic nitrogens is 2. The maximum Gasteiger partial charge on any atom is 0.224 e. The van der Waals surface area contributed by atoms with E-state index in [9.17, 15) is 9.18 Å². The summed E-state index contributed by atoms with van der Waals surface area (Å²) in [7, 11) is 1.67. The first-order valence-electron chi connectivity index (χ1n) is 7.64. The van der Waals surface area contributed by atoms with Crippen molar-refractivity contribution in [3.05, 3.63) is 65.1 Å². The smallest absolute Gasteiger partial charge is 0.224 e. The highest BCUT2D eigenvalue weighted by Gasteiger charge is 2.13. The summed E-state index contributed by atoms with van der Waals surface area (Å²) in [4.78, 5) is 13.8. The molecule has 2 aromatic carbocycles. The van der Waals surface area contributed by atoms with Crippen LogP contribution < -0.4 is 0 Å². The highest BCUT2D eigenvalue weighted by Crippen LogP contribution is 2.22. The summed E-state index contributed by atoms with van der Waals surface area (Å²) in [5.74, 6) is -0.379. The number of halogens is 2. The highest BCUT2D eigenvalue weighted by molar-refractivity contribution is 6.34. The lowest BCUT2D eigenvalue weighted by Crippen LogP contribution is -2.27. The molecular weight excluding hydrogens is 329 g/mol. The van der Waals surface area contributed by atoms with E-state index in [1.165, 1.54) is 11.0 Å². The van der Waals surface area contributed by atoms with Gasteiger partial charge in [0.2, 0.25) is 5.91 Å². The molecule has 0 aliphatic rings. The van der Waals surface area contributed by atoms with Crippen LogP contribution in [0.2, 0.25) is 5.15 Å². The second kappa shape index (κ2) is 7.01. The van der Waals surface area contributed by atoms with E-state index in [0.717, 1.165) is 10.9 Å². The van der Waals surface area contributed by atoms with Gasteiger partial charge in [-0.15, -0.1) is 0 Å². The van der Waals surface area contributed by atoms with Crippen molar-refractivity contribution < 1.29 is 9.18 Å². The number of amides is 1. The molecule has 1 amide bonds. The molecule has 3 rings (SSSR count). The van der Waals surface area contributed by atoms with Crippen molar-refractivity contribution in [1.29, 1.82) is 0 Å². The van der Waals surface area contributed by atoms with Crippen LogP contribution in [-0.4, -0.2) is 27.6 Å². The molecule has 6 heteroatoms. The SMILES string of the molecule is CN(Cc1ccccc1F)C(=O)CCn1nc(Cl)c2ccccc21. The quantitative estimate of drug-likeness (QED) is 0.704. The van der Waals surface area contributed by atoms with E-state index in [2.05, 4.69) is 5.10 Å². The lowest BCUT2D eigenvalue weighted by atomic mass is 10.2. The Bertz CT molecular complexity index is 878. The van der Waals surface area contributed by atoms with Crippen molar-refractivity contribution in [2.75, 3.05) is 7.05 Å². The van der Waals surface area contributed by atoms with Crippen LogP contribution in [0.25, 0.3) is 10.9 Å². The molecule has 3 aromatic rings. The fraction of sp³-hybridized carbons (Fsp3) is 0.222. The number of aryl methyl sites for hydroxylation is 1. The summed E-state index contributed by atoms with van der Waals surface area (Å²) in [5, 5.41) is 5.57. The molecule has 0 aliphatic heterocycles. The van der Waals surface area contributed by atoms with Gasteiger partial charge in [-0.05, 0) is 18.2 Å². The number of benzene rings is 2. The molecule has 0 aliphatic carbocycles. The Hall–Kier alpha value is -2.40. The molecule has 1 heterocycles. The molecule has 0 atom stereocenters. The molecule has 1 aromatic heterocycles. The van der Waals surface area contributed by atoms with Gasteiger partial charge in [-0.25, -0.2) is 4.39 Å². The second-order valence-corrected chi connectivity index (χ2v) is 5.98. The summed E-state index contributed by atoms with van der Waals surface area (Å²) in [6.07, 6.45) is 0.271. The minimum absolute atomic E-state index is 0.0750. The van der Waals surface area contributed by atoms with Gasteiger partial charge in [0, 0.05) is 31.0 Å². The largest absolute Gasteiger partial charge is 0.341 e. The Balaban J connectivity index is 1.65. The first-order chi connectivity index (χ1) is 11.6. The molecule has 0 bridgehead atoms. The van der Waals surface area contributed by atoms with E-state index in [1.54, 1.807) is 29.9 Å². The van der Waals surface area contributed by atoms with E-state index < -0.39 is 0 Å². The third-order valence-electron chi connectivity index (χ3n) is 3.94. The van der Waals surface area contributed by atoms with Crippen LogP contribution in [0.1, 0.15) is 12.0 Å². The van der Waals surface area contributed by atoms with Gasteiger partial charge in [-0.1, -0.05) is 41.9 Å². The van der Waals surface area contributed by atoms with Crippen LogP contribution in [-0.2, 0) is 17.9 Å². The fourth-order valence-electron chi connectivity index (χ4n) is 2.62. The first kappa shape index (κ1) is 16.5. The van der Waals surface area contributed by atoms with Crippen LogP contribution in [0.5, 0.6) is 0 Å². The minimum Gasteiger partial charge on any atom is -0.341 e. The maximum absolute atomic E-state index is 13.7. The zero-order valence-corrected chi connectivity index (χ0v) is 14.0. The standard InChI is InChI=1S/C18H17ClFN3O/c1-22(12-13-6-2-4-8-15(13)20)17(24)10-11-23-16-9-5-3-7-14(16)18(19)21-23/h2-9H,10-12H2,1H3. The molecule has 4 nitrogen and oxygen atoms in total. The molecule has 124 valence electrons. The number of nitrogens with zero attached hydrogens (tertiary/aromatic N) is 3. The summed E-state index contributed by atoms with van der Waals surface area (Å²) in [5.41, 5.74) is 1.40. The third kappa shape index (κ3) is 3.41. The lowest BCUT2D eigenvalue weighted by molar-refractivity contribution is -0.130. The van der Waals surface area contributed by atoms with Gasteiger partial charge in [0.15, 0.2) is 5.15 Å². The Morgan fingerprint density at radius 1 is 1.21 bits per heavy atom. The Morgan fingerprint density at radius 3 is 2.71 bits per heavy atom. The number of fused-ring (bicyclic) bond motifs is 1. The van der Waals surface area contributed by atoms with Crippen molar-refractivity contribution in [3.63, 3.8) is 0 Å². The van der Waals surface area contributed by atoms with E-state index in [4.69, 9.17) is 11.6 Å². The van der Waals surface area contributed by atoms with Gasteiger partial charge in [0.05, 0.1) is 12.1 Å². The fourth-order valence-corrected chi connectivity index (χ4v) is 2.87. The van der Waals surface area contributed by atoms with E-state index in [-0.39, 0.29) is 24.7 Å². The monoisotopic (exact) mass is 345 g/mol. The topological polar surface area (TPSA) is 38.1 Å². The van der Waals surface area contributed by atoms with Gasteiger partial charge >= 0.3 is 0 Å². The van der Waals surface area contributed by atoms with E-state index >= 15 is 0 Å². The van der Waals surface area contributed by atoms with Crippen molar-refractivity contribution in [1.82, 2.24) is 14.7 Å². The van der Waals surface area contributed by atoms with Crippen LogP contribution in [0.3, 0.4) is 0 Å². The number of carbonyl (C=O) groups excluding carboxylic acids is 1. The summed E-state index contributed by atoms with van der Waals surface area (Å²) in [6.45, 7) is 0.666. The highest BCUT2D eigenvalue weighted by atomic mass is 35.5. The summed E-state index contributed by atoms with van der Waals surface area (Å²) in [6, 6.07) is 14.1. The number of hydrogen-bond donors (Lipinski definition) is 0. The van der Waals surface area contributed by atoms with Crippen LogP contribution in [0.4, 0.5) is 4.39 Å². The van der Waals surface area contributed by atoms with Gasteiger partial charge in [-0.3, -0.25) is 9.48 Å². The molecule has 24 heavy (non-hydrogen) atoms. The van der Waals surface area contributed by atoms with E-state index in [0.29, 0.717) is 17.3 Å². The van der Waals surface area contributed by atoms with E-state index in [1.807, 2.05) is 24.3 Å². The average molecular weight is 346 g/mol. The first-order valence-corrected chi connectivity index (χ1v) is 8.02. The Labute approximate surface area is 144 Å². The third-order valence-corrected chi connectivity index (χ3v) is 4.22. The second-order valence-electron chi connectivity index (χ2n) is 5.62. The zero-order chi connectivity index (χ0) is 17.1. The number of carbonyl (C=O) groups is 1. The molecule has 0 N–H and O–H groups in total. The van der Waals surface area contributed by atoms with Crippen molar-refractivity contribution in [2.45, 2.75) is 19.5 Å². The lowest BCUT2D eigenvalue weighted by Gasteiger charge is -2.17. The Kier molecular flexibility index (Phi) is 4.81. The number of para-hydroxylation sites is 1. The average Bonchev–Trinajstić information content (AvgIpc) is 2.91. The van der Waals surface area contributed by atoms with Gasteiger partial charge in [0.25, 0.3) is 0 Å². The maximum atomic E-state index is 13.7.